The van der Waals surface area contributed by atoms with Crippen LogP contribution in [0.2, 0.25) is 0 Å². The number of carbonyl (C=O) groups excluding carboxylic acids is 1. The number of nitrogens with zero attached hydrogens (tertiary/aromatic N) is 4. The monoisotopic (exact) mass is 403 g/mol. The van der Waals surface area contributed by atoms with Crippen molar-refractivity contribution in [3.05, 3.63) is 12.7 Å². The molecule has 5 N–H and O–H groups in total. The fraction of sp³-hybridized carbons (Fsp3) is 0.538. The van der Waals surface area contributed by atoms with Crippen LogP contribution in [0, 0.1) is 0 Å². The van der Waals surface area contributed by atoms with Crippen molar-refractivity contribution in [2.75, 3.05) is 18.9 Å². The topological polar surface area (TPSA) is 192 Å². The minimum atomic E-state index is -4.71. The molecule has 0 aliphatic carbocycles. The van der Waals surface area contributed by atoms with Crippen LogP contribution in [0.1, 0.15) is 13.2 Å². The molecule has 2 aromatic rings. The maximum atomic E-state index is 11.8. The van der Waals surface area contributed by atoms with Gasteiger partial charge in [0.15, 0.2) is 17.7 Å². The average Bonchev–Trinajstić information content (AvgIpc) is 3.17. The molecule has 3 rings (SSSR count). The molecule has 27 heavy (non-hydrogen) atoms. The second-order valence-electron chi connectivity index (χ2n) is 5.64. The standard InChI is InChI=1S/C13H18N5O8P/c1-2-24-13(21)27(22,23)25-3-6-8(19)9(20)12(26-6)18-5-17-7-10(14)15-4-16-11(7)18/h4-6,8-9,12,19-20H,2-3H2,1H3,(H,22,23)(H2,14,15,16)/t6-,8-,9-,12?/m1/s1. The first-order chi connectivity index (χ1) is 12.8. The molecule has 14 heteroatoms. The van der Waals surface area contributed by atoms with Crippen molar-refractivity contribution in [3.63, 3.8) is 0 Å². The number of aliphatic hydroxyl groups is 2. The first-order valence-corrected chi connectivity index (χ1v) is 9.43. The molecule has 3 heterocycles. The summed E-state index contributed by atoms with van der Waals surface area (Å²) < 4.78 is 27.8. The van der Waals surface area contributed by atoms with E-state index in [2.05, 4.69) is 24.2 Å². The van der Waals surface area contributed by atoms with Crippen molar-refractivity contribution in [2.45, 2.75) is 31.5 Å². The fourth-order valence-corrected chi connectivity index (χ4v) is 3.33. The Morgan fingerprint density at radius 2 is 2.11 bits per heavy atom. The highest BCUT2D eigenvalue weighted by Gasteiger charge is 2.46. The number of carbonyl (C=O) groups is 1. The molecular weight excluding hydrogens is 385 g/mol. The Hall–Kier alpha value is -2.15. The van der Waals surface area contributed by atoms with Crippen LogP contribution in [0.3, 0.4) is 0 Å². The number of hydrogen-bond acceptors (Lipinski definition) is 11. The van der Waals surface area contributed by atoms with Gasteiger partial charge in [0.25, 0.3) is 0 Å². The predicted octanol–water partition coefficient (Wildman–Crippen LogP) is -0.614. The molecule has 13 nitrogen and oxygen atoms in total. The molecular formula is C13H18N5O8P. The maximum Gasteiger partial charge on any atom is 0.435 e. The smallest absolute Gasteiger partial charge is 0.435 e. The molecule has 148 valence electrons. The second kappa shape index (κ2) is 7.46. The number of nitrogen functional groups attached to an aromatic ring is 1. The number of imidazole rings is 1. The molecule has 0 aromatic carbocycles. The Morgan fingerprint density at radius 1 is 1.37 bits per heavy atom. The summed E-state index contributed by atoms with van der Waals surface area (Å²) in [5.41, 5.74) is 4.83. The lowest BCUT2D eigenvalue weighted by Gasteiger charge is -2.17. The summed E-state index contributed by atoms with van der Waals surface area (Å²) in [6.07, 6.45) is -2.70. The molecule has 1 aliphatic heterocycles. The number of ether oxygens (including phenoxy) is 2. The lowest BCUT2D eigenvalue weighted by Crippen LogP contribution is -2.33. The van der Waals surface area contributed by atoms with E-state index in [0.29, 0.717) is 0 Å². The van der Waals surface area contributed by atoms with Crippen molar-refractivity contribution >= 4 is 30.3 Å². The van der Waals surface area contributed by atoms with Crippen LogP contribution in [0.5, 0.6) is 0 Å². The van der Waals surface area contributed by atoms with Gasteiger partial charge in [0, 0.05) is 0 Å². The summed E-state index contributed by atoms with van der Waals surface area (Å²) in [7, 11) is -4.71. The number of aromatic nitrogens is 4. The largest absolute Gasteiger partial charge is 0.457 e. The van der Waals surface area contributed by atoms with Gasteiger partial charge < -0.3 is 30.3 Å². The molecule has 1 saturated heterocycles. The zero-order valence-electron chi connectivity index (χ0n) is 14.1. The zero-order valence-corrected chi connectivity index (χ0v) is 15.0. The molecule has 1 aliphatic rings. The molecule has 0 amide bonds. The number of anilines is 1. The Morgan fingerprint density at radius 3 is 2.81 bits per heavy atom. The van der Waals surface area contributed by atoms with Gasteiger partial charge in [-0.1, -0.05) is 0 Å². The van der Waals surface area contributed by atoms with E-state index in [4.69, 9.17) is 10.5 Å². The van der Waals surface area contributed by atoms with Gasteiger partial charge in [-0.15, -0.1) is 0 Å². The van der Waals surface area contributed by atoms with Crippen molar-refractivity contribution in [1.29, 1.82) is 0 Å². The average molecular weight is 403 g/mol. The number of nitrogens with two attached hydrogens (primary N) is 1. The van der Waals surface area contributed by atoms with Crippen LogP contribution in [-0.4, -0.2) is 71.9 Å². The molecule has 1 fully saturated rings. The van der Waals surface area contributed by atoms with Gasteiger partial charge in [0.2, 0.25) is 0 Å². The Kier molecular flexibility index (Phi) is 5.42. The van der Waals surface area contributed by atoms with E-state index in [1.54, 1.807) is 0 Å². The second-order valence-corrected chi connectivity index (χ2v) is 7.31. The van der Waals surface area contributed by atoms with Crippen LogP contribution < -0.4 is 5.73 Å². The van der Waals surface area contributed by atoms with E-state index < -0.39 is 44.5 Å². The van der Waals surface area contributed by atoms with Gasteiger partial charge in [-0.2, -0.15) is 0 Å². The third kappa shape index (κ3) is 3.65. The van der Waals surface area contributed by atoms with Gasteiger partial charge in [0.05, 0.1) is 19.5 Å². The molecule has 0 spiro atoms. The van der Waals surface area contributed by atoms with Gasteiger partial charge in [-0.3, -0.25) is 9.09 Å². The van der Waals surface area contributed by atoms with Crippen LogP contribution in [0.25, 0.3) is 11.2 Å². The van der Waals surface area contributed by atoms with Gasteiger partial charge in [-0.05, 0) is 6.92 Å². The summed E-state index contributed by atoms with van der Waals surface area (Å²) in [5.74, 6) is 0.127. The van der Waals surface area contributed by atoms with Crippen LogP contribution >= 0.6 is 7.60 Å². The van der Waals surface area contributed by atoms with Crippen molar-refractivity contribution in [3.8, 4) is 0 Å². The highest BCUT2D eigenvalue weighted by atomic mass is 31.2. The zero-order chi connectivity index (χ0) is 19.8. The molecule has 0 saturated carbocycles. The van der Waals surface area contributed by atoms with Gasteiger partial charge in [0.1, 0.15) is 30.2 Å². The lowest BCUT2D eigenvalue weighted by atomic mass is 10.1. The van der Waals surface area contributed by atoms with E-state index in [-0.39, 0.29) is 23.6 Å². The normalized spacial score (nSPS) is 27.6. The van der Waals surface area contributed by atoms with E-state index in [1.165, 1.54) is 24.1 Å². The minimum Gasteiger partial charge on any atom is -0.457 e. The summed E-state index contributed by atoms with van der Waals surface area (Å²) in [5, 5.41) is 20.4. The number of hydrogen-bond donors (Lipinski definition) is 4. The van der Waals surface area contributed by atoms with Crippen molar-refractivity contribution in [1.82, 2.24) is 19.5 Å². The summed E-state index contributed by atoms with van der Waals surface area (Å²) in [6.45, 7) is 0.730. The molecule has 2 unspecified atom stereocenters. The van der Waals surface area contributed by atoms with Crippen LogP contribution in [0.4, 0.5) is 10.6 Å². The van der Waals surface area contributed by atoms with Gasteiger partial charge >= 0.3 is 13.3 Å². The lowest BCUT2D eigenvalue weighted by molar-refractivity contribution is -0.0484. The highest BCUT2D eigenvalue weighted by molar-refractivity contribution is 7.70. The van der Waals surface area contributed by atoms with E-state index in [0.717, 1.165) is 0 Å². The minimum absolute atomic E-state index is 0.102. The molecule has 2 aromatic heterocycles. The summed E-state index contributed by atoms with van der Waals surface area (Å²) in [4.78, 5) is 32.8. The van der Waals surface area contributed by atoms with Crippen molar-refractivity contribution < 1.29 is 38.5 Å². The molecule has 0 bridgehead atoms. The van der Waals surface area contributed by atoms with Gasteiger partial charge in [-0.25, -0.2) is 24.3 Å². The predicted molar refractivity (Wildman–Crippen MR) is 88.5 cm³/mol. The third-order valence-corrected chi connectivity index (χ3v) is 5.00. The fourth-order valence-electron chi connectivity index (χ4n) is 2.59. The van der Waals surface area contributed by atoms with Crippen LogP contribution in [0.15, 0.2) is 12.7 Å². The highest BCUT2D eigenvalue weighted by Crippen LogP contribution is 2.45. The van der Waals surface area contributed by atoms with E-state index in [1.807, 2.05) is 0 Å². The Bertz CT molecular complexity index is 891. The summed E-state index contributed by atoms with van der Waals surface area (Å²) in [6, 6.07) is 0. The number of rotatable bonds is 6. The van der Waals surface area contributed by atoms with Crippen LogP contribution in [-0.2, 0) is 18.6 Å². The molecule has 0 radical (unpaired) electrons. The summed E-state index contributed by atoms with van der Waals surface area (Å²) >= 11 is 0. The number of aliphatic hydroxyl groups excluding tert-OH is 2. The Balaban J connectivity index is 1.75. The molecule has 5 atom stereocenters. The number of fused-ring (bicyclic) bond motifs is 1. The van der Waals surface area contributed by atoms with Crippen molar-refractivity contribution in [2.24, 2.45) is 0 Å². The first kappa shape index (κ1) is 19.6. The quantitative estimate of drug-likeness (QED) is 0.448. The maximum absolute atomic E-state index is 11.8. The van der Waals surface area contributed by atoms with E-state index >= 15 is 0 Å². The first-order valence-electron chi connectivity index (χ1n) is 7.85. The third-order valence-electron chi connectivity index (χ3n) is 3.91. The Labute approximate surface area is 152 Å². The van der Waals surface area contributed by atoms with E-state index in [9.17, 15) is 24.5 Å². The SMILES string of the molecule is CCOC(=O)P(=O)(O)OC[C@H]1OC(n2cnc3c(N)ncnc32)[C@H](O)[C@@H]1O.